The van der Waals surface area contributed by atoms with Gasteiger partial charge in [0.1, 0.15) is 5.78 Å². The van der Waals surface area contributed by atoms with Gasteiger partial charge >= 0.3 is 0 Å². The quantitative estimate of drug-likeness (QED) is 0.604. The van der Waals surface area contributed by atoms with Gasteiger partial charge in [0.25, 0.3) is 0 Å². The van der Waals surface area contributed by atoms with Crippen molar-refractivity contribution < 1.29 is 9.53 Å². The van der Waals surface area contributed by atoms with Crippen molar-refractivity contribution in [3.63, 3.8) is 0 Å². The van der Waals surface area contributed by atoms with Crippen molar-refractivity contribution in [3.05, 3.63) is 12.3 Å². The lowest BCUT2D eigenvalue weighted by Gasteiger charge is -2.22. The third-order valence-corrected chi connectivity index (χ3v) is 2.33. The number of hydrogen-bond acceptors (Lipinski definition) is 2. The molecule has 0 unspecified atom stereocenters. The van der Waals surface area contributed by atoms with Gasteiger partial charge in [-0.2, -0.15) is 0 Å². The van der Waals surface area contributed by atoms with Crippen molar-refractivity contribution in [1.29, 1.82) is 0 Å². The maximum atomic E-state index is 10.9. The molecule has 1 aliphatic rings. The van der Waals surface area contributed by atoms with E-state index in [0.29, 0.717) is 31.1 Å². The zero-order valence-electron chi connectivity index (χ0n) is 7.64. The van der Waals surface area contributed by atoms with Crippen molar-refractivity contribution in [2.45, 2.75) is 32.6 Å². The Morgan fingerprint density at radius 1 is 1.58 bits per heavy atom. The molecule has 0 spiro atoms. The first-order valence-corrected chi connectivity index (χ1v) is 4.57. The molecule has 0 amide bonds. The van der Waals surface area contributed by atoms with Gasteiger partial charge in [0, 0.05) is 18.8 Å². The van der Waals surface area contributed by atoms with Crippen molar-refractivity contribution in [1.82, 2.24) is 0 Å². The first-order valence-electron chi connectivity index (χ1n) is 4.57. The molecule has 0 heterocycles. The minimum atomic E-state index is 0.385. The van der Waals surface area contributed by atoms with Crippen LogP contribution in [0.3, 0.4) is 0 Å². The largest absolute Gasteiger partial charge is 0.499 e. The minimum absolute atomic E-state index is 0.385. The lowest BCUT2D eigenvalue weighted by Crippen LogP contribution is -2.16. The molecular formula is C10H16O2. The Hall–Kier alpha value is -0.790. The van der Waals surface area contributed by atoms with E-state index in [4.69, 9.17) is 4.74 Å². The minimum Gasteiger partial charge on any atom is -0.499 e. The average Bonchev–Trinajstić information content (AvgIpc) is 2.06. The number of rotatable bonds is 3. The van der Waals surface area contributed by atoms with Gasteiger partial charge in [-0.15, -0.1) is 0 Å². The fourth-order valence-electron chi connectivity index (χ4n) is 1.56. The Labute approximate surface area is 73.6 Å². The molecule has 0 radical (unpaired) electrons. The monoisotopic (exact) mass is 168 g/mol. The molecule has 0 N–H and O–H groups in total. The van der Waals surface area contributed by atoms with Crippen LogP contribution >= 0.6 is 0 Å². The standard InChI is InChI=1S/C10H16O2/c1-3-12-8(2)9-4-6-10(11)7-5-9/h9H,2-7H2,1H3. The molecule has 1 fully saturated rings. The van der Waals surface area contributed by atoms with Crippen LogP contribution in [0.1, 0.15) is 32.6 Å². The highest BCUT2D eigenvalue weighted by Crippen LogP contribution is 2.27. The second-order valence-corrected chi connectivity index (χ2v) is 3.21. The zero-order chi connectivity index (χ0) is 8.97. The molecule has 2 nitrogen and oxygen atoms in total. The smallest absolute Gasteiger partial charge is 0.132 e. The summed E-state index contributed by atoms with van der Waals surface area (Å²) in [4.78, 5) is 10.9. The Kier molecular flexibility index (Phi) is 3.32. The summed E-state index contributed by atoms with van der Waals surface area (Å²) in [5.74, 6) is 1.67. The maximum absolute atomic E-state index is 10.9. The molecule has 0 aliphatic heterocycles. The number of carbonyl (C=O) groups excluding carboxylic acids is 1. The van der Waals surface area contributed by atoms with Gasteiger partial charge in [-0.25, -0.2) is 0 Å². The van der Waals surface area contributed by atoms with E-state index in [0.717, 1.165) is 18.6 Å². The predicted octanol–water partition coefficient (Wildman–Crippen LogP) is 2.30. The van der Waals surface area contributed by atoms with E-state index in [1.54, 1.807) is 0 Å². The summed E-state index contributed by atoms with van der Waals surface area (Å²) in [5, 5.41) is 0. The summed E-state index contributed by atoms with van der Waals surface area (Å²) < 4.78 is 5.31. The Balaban J connectivity index is 2.33. The number of hydrogen-bond donors (Lipinski definition) is 0. The van der Waals surface area contributed by atoms with Crippen LogP contribution in [0.5, 0.6) is 0 Å². The van der Waals surface area contributed by atoms with E-state index in [2.05, 4.69) is 6.58 Å². The average molecular weight is 168 g/mol. The van der Waals surface area contributed by atoms with Crippen LogP contribution in [-0.2, 0) is 9.53 Å². The molecule has 0 atom stereocenters. The maximum Gasteiger partial charge on any atom is 0.132 e. The number of ether oxygens (including phenoxy) is 1. The predicted molar refractivity (Wildman–Crippen MR) is 47.7 cm³/mol. The van der Waals surface area contributed by atoms with E-state index in [1.165, 1.54) is 0 Å². The van der Waals surface area contributed by atoms with Crippen LogP contribution < -0.4 is 0 Å². The molecule has 0 aromatic rings. The van der Waals surface area contributed by atoms with Gasteiger partial charge in [0.15, 0.2) is 0 Å². The third-order valence-electron chi connectivity index (χ3n) is 2.33. The SMILES string of the molecule is C=C(OCC)C1CCC(=O)CC1. The first-order chi connectivity index (χ1) is 5.74. The van der Waals surface area contributed by atoms with Gasteiger partial charge in [-0.3, -0.25) is 4.79 Å². The highest BCUT2D eigenvalue weighted by atomic mass is 16.5. The Morgan fingerprint density at radius 2 is 2.17 bits per heavy atom. The Morgan fingerprint density at radius 3 is 2.67 bits per heavy atom. The summed E-state index contributed by atoms with van der Waals surface area (Å²) in [6.45, 7) is 6.50. The highest BCUT2D eigenvalue weighted by Gasteiger charge is 2.21. The number of allylic oxidation sites excluding steroid dienone is 1. The second kappa shape index (κ2) is 4.29. The summed E-state index contributed by atoms with van der Waals surface area (Å²) in [5.41, 5.74) is 0. The normalized spacial score (nSPS) is 19.2. The highest BCUT2D eigenvalue weighted by molar-refractivity contribution is 5.79. The van der Waals surface area contributed by atoms with Crippen molar-refractivity contribution in [3.8, 4) is 0 Å². The van der Waals surface area contributed by atoms with Crippen LogP contribution in [0.25, 0.3) is 0 Å². The number of Topliss-reactive ketones (excluding diaryl/α,β-unsaturated/α-hetero) is 1. The fraction of sp³-hybridized carbons (Fsp3) is 0.700. The van der Waals surface area contributed by atoms with Crippen LogP contribution in [-0.4, -0.2) is 12.4 Å². The van der Waals surface area contributed by atoms with Gasteiger partial charge in [-0.05, 0) is 19.8 Å². The first kappa shape index (κ1) is 9.30. The van der Waals surface area contributed by atoms with E-state index in [1.807, 2.05) is 6.92 Å². The molecule has 0 saturated heterocycles. The molecule has 12 heavy (non-hydrogen) atoms. The summed E-state index contributed by atoms with van der Waals surface area (Å²) in [6, 6.07) is 0. The van der Waals surface area contributed by atoms with E-state index in [-0.39, 0.29) is 0 Å². The molecule has 0 bridgehead atoms. The van der Waals surface area contributed by atoms with Gasteiger partial charge in [0.2, 0.25) is 0 Å². The summed E-state index contributed by atoms with van der Waals surface area (Å²) in [7, 11) is 0. The number of carbonyl (C=O) groups is 1. The fourth-order valence-corrected chi connectivity index (χ4v) is 1.56. The number of ketones is 1. The molecular weight excluding hydrogens is 152 g/mol. The van der Waals surface area contributed by atoms with Crippen molar-refractivity contribution in [2.24, 2.45) is 5.92 Å². The molecule has 0 aromatic heterocycles. The summed E-state index contributed by atoms with van der Waals surface area (Å²) >= 11 is 0. The van der Waals surface area contributed by atoms with Crippen LogP contribution in [0.4, 0.5) is 0 Å². The van der Waals surface area contributed by atoms with E-state index < -0.39 is 0 Å². The second-order valence-electron chi connectivity index (χ2n) is 3.21. The van der Waals surface area contributed by atoms with Crippen LogP contribution in [0.2, 0.25) is 0 Å². The molecule has 1 aliphatic carbocycles. The molecule has 2 heteroatoms. The lowest BCUT2D eigenvalue weighted by atomic mass is 9.87. The van der Waals surface area contributed by atoms with Crippen molar-refractivity contribution in [2.75, 3.05) is 6.61 Å². The van der Waals surface area contributed by atoms with Gasteiger partial charge in [0.05, 0.1) is 12.4 Å². The van der Waals surface area contributed by atoms with Gasteiger partial charge < -0.3 is 4.74 Å². The topological polar surface area (TPSA) is 26.3 Å². The van der Waals surface area contributed by atoms with Gasteiger partial charge in [-0.1, -0.05) is 6.58 Å². The van der Waals surface area contributed by atoms with E-state index >= 15 is 0 Å². The third kappa shape index (κ3) is 2.36. The van der Waals surface area contributed by atoms with E-state index in [9.17, 15) is 4.79 Å². The molecule has 0 aromatic carbocycles. The zero-order valence-corrected chi connectivity index (χ0v) is 7.64. The summed E-state index contributed by atoms with van der Waals surface area (Å²) in [6.07, 6.45) is 3.27. The molecule has 1 rings (SSSR count). The van der Waals surface area contributed by atoms with Crippen molar-refractivity contribution >= 4 is 5.78 Å². The Bertz CT molecular complexity index is 174. The molecule has 1 saturated carbocycles. The van der Waals surface area contributed by atoms with Crippen LogP contribution in [0.15, 0.2) is 12.3 Å². The lowest BCUT2D eigenvalue weighted by molar-refractivity contribution is -0.120. The van der Waals surface area contributed by atoms with Crippen LogP contribution in [0, 0.1) is 5.92 Å². The molecule has 68 valence electrons.